The summed E-state index contributed by atoms with van der Waals surface area (Å²) in [6, 6.07) is 9.78. The van der Waals surface area contributed by atoms with E-state index in [4.69, 9.17) is 0 Å². The number of aryl methyl sites for hydroxylation is 2. The van der Waals surface area contributed by atoms with E-state index in [1.54, 1.807) is 4.68 Å². The number of nitrogens with zero attached hydrogens (tertiary/aromatic N) is 5. The SMILES string of the molecule is Cc1cc(C)nc(NCn2nnc3ccccc32)n1. The van der Waals surface area contributed by atoms with Gasteiger partial charge in [-0.25, -0.2) is 14.6 Å². The maximum absolute atomic E-state index is 4.33. The van der Waals surface area contributed by atoms with Gasteiger partial charge in [0.25, 0.3) is 0 Å². The van der Waals surface area contributed by atoms with E-state index >= 15 is 0 Å². The van der Waals surface area contributed by atoms with Crippen LogP contribution in [0.1, 0.15) is 11.4 Å². The number of fused-ring (bicyclic) bond motifs is 1. The second-order valence-corrected chi connectivity index (χ2v) is 4.39. The Balaban J connectivity index is 1.82. The molecule has 1 aromatic carbocycles. The predicted molar refractivity (Wildman–Crippen MR) is 72.7 cm³/mol. The molecule has 0 fully saturated rings. The zero-order valence-electron chi connectivity index (χ0n) is 10.8. The molecule has 0 bridgehead atoms. The first kappa shape index (κ1) is 11.6. The van der Waals surface area contributed by atoms with Gasteiger partial charge in [0.2, 0.25) is 5.95 Å². The van der Waals surface area contributed by atoms with E-state index < -0.39 is 0 Å². The minimum atomic E-state index is 0.489. The van der Waals surface area contributed by atoms with E-state index in [0.717, 1.165) is 22.4 Å². The summed E-state index contributed by atoms with van der Waals surface area (Å²) in [6.07, 6.45) is 0. The molecule has 0 radical (unpaired) electrons. The Bertz CT molecular complexity index is 698. The van der Waals surface area contributed by atoms with Crippen molar-refractivity contribution in [2.24, 2.45) is 0 Å². The molecule has 0 unspecified atom stereocenters. The first-order chi connectivity index (χ1) is 9.22. The van der Waals surface area contributed by atoms with Crippen LogP contribution in [0.25, 0.3) is 11.0 Å². The number of aromatic nitrogens is 5. The van der Waals surface area contributed by atoms with Crippen molar-refractivity contribution in [2.45, 2.75) is 20.5 Å². The molecule has 0 spiro atoms. The van der Waals surface area contributed by atoms with Gasteiger partial charge in [-0.3, -0.25) is 0 Å². The van der Waals surface area contributed by atoms with Gasteiger partial charge in [0, 0.05) is 11.4 Å². The van der Waals surface area contributed by atoms with Crippen LogP contribution in [0.2, 0.25) is 0 Å². The number of nitrogens with one attached hydrogen (secondary N) is 1. The van der Waals surface area contributed by atoms with Gasteiger partial charge in [0.1, 0.15) is 12.2 Å². The second-order valence-electron chi connectivity index (χ2n) is 4.39. The zero-order valence-corrected chi connectivity index (χ0v) is 10.8. The fraction of sp³-hybridized carbons (Fsp3) is 0.231. The van der Waals surface area contributed by atoms with Crippen molar-refractivity contribution in [1.29, 1.82) is 0 Å². The summed E-state index contributed by atoms with van der Waals surface area (Å²) in [5, 5.41) is 11.4. The monoisotopic (exact) mass is 254 g/mol. The van der Waals surface area contributed by atoms with E-state index in [2.05, 4.69) is 25.6 Å². The molecule has 0 aliphatic carbocycles. The summed E-state index contributed by atoms with van der Waals surface area (Å²) in [7, 11) is 0. The van der Waals surface area contributed by atoms with Crippen LogP contribution in [0.15, 0.2) is 30.3 Å². The highest BCUT2D eigenvalue weighted by Gasteiger charge is 2.04. The number of benzene rings is 1. The quantitative estimate of drug-likeness (QED) is 0.773. The lowest BCUT2D eigenvalue weighted by Gasteiger charge is -2.06. The lowest BCUT2D eigenvalue weighted by Crippen LogP contribution is -2.12. The Hall–Kier alpha value is -2.50. The molecule has 6 heteroatoms. The summed E-state index contributed by atoms with van der Waals surface area (Å²) in [6.45, 7) is 4.39. The minimum Gasteiger partial charge on any atom is -0.335 e. The molecule has 0 saturated heterocycles. The molecule has 0 amide bonds. The van der Waals surface area contributed by atoms with Crippen LogP contribution in [0.3, 0.4) is 0 Å². The molecule has 2 aromatic heterocycles. The Labute approximate surface area is 110 Å². The number of para-hydroxylation sites is 1. The van der Waals surface area contributed by atoms with Gasteiger partial charge >= 0.3 is 0 Å². The smallest absolute Gasteiger partial charge is 0.224 e. The van der Waals surface area contributed by atoms with Crippen molar-refractivity contribution in [2.75, 3.05) is 5.32 Å². The first-order valence-corrected chi connectivity index (χ1v) is 6.07. The average molecular weight is 254 g/mol. The molecule has 19 heavy (non-hydrogen) atoms. The first-order valence-electron chi connectivity index (χ1n) is 6.07. The van der Waals surface area contributed by atoms with Crippen molar-refractivity contribution in [1.82, 2.24) is 25.0 Å². The van der Waals surface area contributed by atoms with Crippen molar-refractivity contribution in [3.63, 3.8) is 0 Å². The fourth-order valence-electron chi connectivity index (χ4n) is 1.98. The lowest BCUT2D eigenvalue weighted by molar-refractivity contribution is 0.650. The molecule has 2 heterocycles. The third kappa shape index (κ3) is 2.37. The van der Waals surface area contributed by atoms with E-state index in [-0.39, 0.29) is 0 Å². The van der Waals surface area contributed by atoms with Crippen LogP contribution in [-0.2, 0) is 6.67 Å². The zero-order chi connectivity index (χ0) is 13.2. The maximum Gasteiger partial charge on any atom is 0.224 e. The summed E-state index contributed by atoms with van der Waals surface area (Å²) in [5.74, 6) is 0.608. The molecule has 0 saturated carbocycles. The normalized spacial score (nSPS) is 10.8. The standard InChI is InChI=1S/C13H14N6/c1-9-7-10(2)16-13(15-9)14-8-19-12-6-4-3-5-11(12)17-18-19/h3-7H,8H2,1-2H3,(H,14,15,16). The number of hydrogen-bond acceptors (Lipinski definition) is 5. The molecule has 3 rings (SSSR count). The maximum atomic E-state index is 4.33. The van der Waals surface area contributed by atoms with Crippen LogP contribution < -0.4 is 5.32 Å². The predicted octanol–water partition coefficient (Wildman–Crippen LogP) is 1.91. The largest absolute Gasteiger partial charge is 0.335 e. The highest BCUT2D eigenvalue weighted by atomic mass is 15.5. The van der Waals surface area contributed by atoms with Gasteiger partial charge in [-0.15, -0.1) is 5.10 Å². The van der Waals surface area contributed by atoms with Gasteiger partial charge in [-0.05, 0) is 32.0 Å². The fourth-order valence-corrected chi connectivity index (χ4v) is 1.98. The number of rotatable bonds is 3. The Kier molecular flexibility index (Phi) is 2.83. The van der Waals surface area contributed by atoms with E-state index in [9.17, 15) is 0 Å². The topological polar surface area (TPSA) is 68.5 Å². The van der Waals surface area contributed by atoms with E-state index in [0.29, 0.717) is 12.6 Å². The van der Waals surface area contributed by atoms with Gasteiger partial charge in [-0.1, -0.05) is 17.3 Å². The summed E-state index contributed by atoms with van der Waals surface area (Å²) in [5.41, 5.74) is 3.75. The molecule has 0 aliphatic rings. The van der Waals surface area contributed by atoms with Gasteiger partial charge in [0.15, 0.2) is 0 Å². The summed E-state index contributed by atoms with van der Waals surface area (Å²) >= 11 is 0. The Morgan fingerprint density at radius 3 is 2.63 bits per heavy atom. The molecule has 1 N–H and O–H groups in total. The highest BCUT2D eigenvalue weighted by Crippen LogP contribution is 2.10. The van der Waals surface area contributed by atoms with Gasteiger partial charge in [0.05, 0.1) is 5.52 Å². The van der Waals surface area contributed by atoms with Gasteiger partial charge in [-0.2, -0.15) is 0 Å². The molecule has 0 atom stereocenters. The van der Waals surface area contributed by atoms with E-state index in [1.165, 1.54) is 0 Å². The second kappa shape index (κ2) is 4.64. The van der Waals surface area contributed by atoms with Crippen LogP contribution in [0.5, 0.6) is 0 Å². The molecule has 96 valence electrons. The van der Waals surface area contributed by atoms with Crippen LogP contribution in [0, 0.1) is 13.8 Å². The van der Waals surface area contributed by atoms with E-state index in [1.807, 2.05) is 44.2 Å². The summed E-state index contributed by atoms with van der Waals surface area (Å²) < 4.78 is 1.79. The third-order valence-electron chi connectivity index (χ3n) is 2.79. The highest BCUT2D eigenvalue weighted by molar-refractivity contribution is 5.73. The molecular formula is C13H14N6. The average Bonchev–Trinajstić information content (AvgIpc) is 2.78. The number of hydrogen-bond donors (Lipinski definition) is 1. The Morgan fingerprint density at radius 1 is 1.11 bits per heavy atom. The van der Waals surface area contributed by atoms with Crippen molar-refractivity contribution < 1.29 is 0 Å². The lowest BCUT2D eigenvalue weighted by atomic mass is 10.3. The van der Waals surface area contributed by atoms with Gasteiger partial charge < -0.3 is 5.32 Å². The van der Waals surface area contributed by atoms with Crippen molar-refractivity contribution in [3.05, 3.63) is 41.7 Å². The van der Waals surface area contributed by atoms with Crippen molar-refractivity contribution in [3.8, 4) is 0 Å². The summed E-state index contributed by atoms with van der Waals surface area (Å²) in [4.78, 5) is 8.66. The van der Waals surface area contributed by atoms with Crippen LogP contribution in [-0.4, -0.2) is 25.0 Å². The van der Waals surface area contributed by atoms with Crippen LogP contribution >= 0.6 is 0 Å². The van der Waals surface area contributed by atoms with Crippen LogP contribution in [0.4, 0.5) is 5.95 Å². The molecule has 6 nitrogen and oxygen atoms in total. The minimum absolute atomic E-state index is 0.489. The molecule has 3 aromatic rings. The molecular weight excluding hydrogens is 240 g/mol. The molecule has 0 aliphatic heterocycles. The third-order valence-corrected chi connectivity index (χ3v) is 2.79. The Morgan fingerprint density at radius 2 is 1.84 bits per heavy atom. The van der Waals surface area contributed by atoms with Crippen molar-refractivity contribution >= 4 is 17.0 Å². The number of anilines is 1.